The van der Waals surface area contributed by atoms with E-state index in [1.54, 1.807) is 10.8 Å². The number of fused-ring (bicyclic) bond motifs is 1. The van der Waals surface area contributed by atoms with Gasteiger partial charge in [-0.15, -0.1) is 0 Å². The highest BCUT2D eigenvalue weighted by atomic mass is 35.5. The van der Waals surface area contributed by atoms with Gasteiger partial charge in [-0.2, -0.15) is 5.10 Å². The standard InChI is InChI=1S/C16H14ClN3O2/c1-10-11(7-8-15(21)22)16(19(2)18-10)20-9-13(17)12-5-3-4-6-14(12)20/h3-9H,1-2H3,(H,21,22)/b8-7+. The molecule has 0 fully saturated rings. The van der Waals surface area contributed by atoms with Gasteiger partial charge in [0.15, 0.2) is 0 Å². The lowest BCUT2D eigenvalue weighted by Gasteiger charge is -2.07. The number of benzene rings is 1. The van der Waals surface area contributed by atoms with Gasteiger partial charge >= 0.3 is 5.97 Å². The van der Waals surface area contributed by atoms with Gasteiger partial charge in [-0.05, 0) is 19.1 Å². The van der Waals surface area contributed by atoms with E-state index in [9.17, 15) is 4.79 Å². The van der Waals surface area contributed by atoms with Crippen LogP contribution in [0.25, 0.3) is 22.8 Å². The Morgan fingerprint density at radius 1 is 1.36 bits per heavy atom. The van der Waals surface area contributed by atoms with Crippen LogP contribution in [0.1, 0.15) is 11.3 Å². The van der Waals surface area contributed by atoms with Crippen molar-refractivity contribution >= 4 is 34.5 Å². The minimum absolute atomic E-state index is 0.641. The highest BCUT2D eigenvalue weighted by Crippen LogP contribution is 2.30. The van der Waals surface area contributed by atoms with E-state index in [1.165, 1.54) is 0 Å². The Labute approximate surface area is 132 Å². The fraction of sp³-hybridized carbons (Fsp3) is 0.125. The molecule has 0 saturated heterocycles. The molecule has 0 aliphatic carbocycles. The molecule has 2 aromatic heterocycles. The topological polar surface area (TPSA) is 60.0 Å². The molecule has 0 aliphatic rings. The Hall–Kier alpha value is -2.53. The SMILES string of the molecule is Cc1nn(C)c(-n2cc(Cl)c3ccccc32)c1/C=C/C(=O)O. The zero-order valence-electron chi connectivity index (χ0n) is 12.1. The molecule has 0 radical (unpaired) electrons. The second-order valence-corrected chi connectivity index (χ2v) is 5.39. The zero-order valence-corrected chi connectivity index (χ0v) is 12.9. The van der Waals surface area contributed by atoms with Gasteiger partial charge < -0.3 is 5.11 Å². The molecule has 0 atom stereocenters. The van der Waals surface area contributed by atoms with Crippen molar-refractivity contribution in [2.75, 3.05) is 0 Å². The zero-order chi connectivity index (χ0) is 15.9. The van der Waals surface area contributed by atoms with Crippen molar-refractivity contribution < 1.29 is 9.90 Å². The Morgan fingerprint density at radius 2 is 2.09 bits per heavy atom. The largest absolute Gasteiger partial charge is 0.478 e. The van der Waals surface area contributed by atoms with Crippen LogP contribution in [-0.2, 0) is 11.8 Å². The van der Waals surface area contributed by atoms with Gasteiger partial charge in [-0.1, -0.05) is 29.8 Å². The molecule has 6 heteroatoms. The van der Waals surface area contributed by atoms with Crippen molar-refractivity contribution in [2.45, 2.75) is 6.92 Å². The number of aryl methyl sites for hydroxylation is 2. The van der Waals surface area contributed by atoms with Gasteiger partial charge in [0.25, 0.3) is 0 Å². The number of carboxylic acid groups (broad SMARTS) is 1. The highest BCUT2D eigenvalue weighted by molar-refractivity contribution is 6.35. The van der Waals surface area contributed by atoms with Crippen LogP contribution in [0.15, 0.2) is 36.5 Å². The summed E-state index contributed by atoms with van der Waals surface area (Å²) < 4.78 is 3.65. The van der Waals surface area contributed by atoms with E-state index in [2.05, 4.69) is 5.10 Å². The van der Waals surface area contributed by atoms with E-state index in [0.717, 1.165) is 34.1 Å². The van der Waals surface area contributed by atoms with Crippen molar-refractivity contribution in [3.8, 4) is 5.82 Å². The van der Waals surface area contributed by atoms with E-state index in [-0.39, 0.29) is 0 Å². The van der Waals surface area contributed by atoms with Crippen molar-refractivity contribution in [3.05, 3.63) is 52.8 Å². The van der Waals surface area contributed by atoms with Crippen LogP contribution in [0.3, 0.4) is 0 Å². The normalized spacial score (nSPS) is 11.6. The summed E-state index contributed by atoms with van der Waals surface area (Å²) in [5, 5.41) is 14.8. The number of aliphatic carboxylic acids is 1. The molecule has 0 saturated carbocycles. The predicted octanol–water partition coefficient (Wildman–Crippen LogP) is 3.42. The van der Waals surface area contributed by atoms with Crippen LogP contribution in [0.2, 0.25) is 5.02 Å². The number of carboxylic acids is 1. The van der Waals surface area contributed by atoms with E-state index in [4.69, 9.17) is 16.7 Å². The fourth-order valence-electron chi connectivity index (χ4n) is 2.61. The van der Waals surface area contributed by atoms with Crippen LogP contribution in [0, 0.1) is 6.92 Å². The van der Waals surface area contributed by atoms with Gasteiger partial charge in [-0.3, -0.25) is 9.25 Å². The Balaban J connectivity index is 2.29. The summed E-state index contributed by atoms with van der Waals surface area (Å²) in [5.74, 6) is -0.220. The molecule has 0 amide bonds. The molecule has 3 rings (SSSR count). The second kappa shape index (κ2) is 5.35. The number of carbonyl (C=O) groups is 1. The van der Waals surface area contributed by atoms with Crippen LogP contribution in [0.5, 0.6) is 0 Å². The molecule has 0 bridgehead atoms. The molecule has 112 valence electrons. The third-order valence-corrected chi connectivity index (χ3v) is 3.82. The van der Waals surface area contributed by atoms with Crippen molar-refractivity contribution in [1.82, 2.24) is 14.3 Å². The number of hydrogen-bond donors (Lipinski definition) is 1. The summed E-state index contributed by atoms with van der Waals surface area (Å²) in [4.78, 5) is 10.8. The van der Waals surface area contributed by atoms with Crippen LogP contribution >= 0.6 is 11.6 Å². The third kappa shape index (κ3) is 2.29. The summed E-state index contributed by atoms with van der Waals surface area (Å²) in [6.07, 6.45) is 4.49. The number of hydrogen-bond acceptors (Lipinski definition) is 2. The minimum Gasteiger partial charge on any atom is -0.478 e. The van der Waals surface area contributed by atoms with E-state index in [1.807, 2.05) is 49.0 Å². The van der Waals surface area contributed by atoms with Gasteiger partial charge in [0.05, 0.1) is 16.2 Å². The molecule has 1 N–H and O–H groups in total. The second-order valence-electron chi connectivity index (χ2n) is 4.98. The van der Waals surface area contributed by atoms with Crippen LogP contribution < -0.4 is 0 Å². The Kier molecular flexibility index (Phi) is 3.50. The molecule has 22 heavy (non-hydrogen) atoms. The average Bonchev–Trinajstić information content (AvgIpc) is 2.94. The smallest absolute Gasteiger partial charge is 0.328 e. The first-order valence-corrected chi connectivity index (χ1v) is 7.07. The summed E-state index contributed by atoms with van der Waals surface area (Å²) in [7, 11) is 1.82. The van der Waals surface area contributed by atoms with E-state index in [0.29, 0.717) is 5.02 Å². The molecule has 0 unspecified atom stereocenters. The molecular formula is C16H14ClN3O2. The predicted molar refractivity (Wildman–Crippen MR) is 86.5 cm³/mol. The maximum Gasteiger partial charge on any atom is 0.328 e. The molecule has 3 aromatic rings. The third-order valence-electron chi connectivity index (χ3n) is 3.52. The molecule has 5 nitrogen and oxygen atoms in total. The van der Waals surface area contributed by atoms with E-state index >= 15 is 0 Å². The van der Waals surface area contributed by atoms with Gasteiger partial charge in [0, 0.05) is 30.3 Å². The van der Waals surface area contributed by atoms with Gasteiger partial charge in [-0.25, -0.2) is 4.79 Å². The summed E-state index contributed by atoms with van der Waals surface area (Å²) >= 11 is 6.30. The maximum atomic E-state index is 10.8. The van der Waals surface area contributed by atoms with Gasteiger partial charge in [0.2, 0.25) is 0 Å². The van der Waals surface area contributed by atoms with Crippen LogP contribution in [0.4, 0.5) is 0 Å². The van der Waals surface area contributed by atoms with Crippen molar-refractivity contribution in [2.24, 2.45) is 7.05 Å². The highest BCUT2D eigenvalue weighted by Gasteiger charge is 2.16. The number of halogens is 1. The first kappa shape index (κ1) is 14.4. The van der Waals surface area contributed by atoms with Gasteiger partial charge in [0.1, 0.15) is 5.82 Å². The lowest BCUT2D eigenvalue weighted by atomic mass is 10.2. The van der Waals surface area contributed by atoms with Crippen molar-refractivity contribution in [3.63, 3.8) is 0 Å². The quantitative estimate of drug-likeness (QED) is 0.753. The first-order chi connectivity index (χ1) is 10.5. The van der Waals surface area contributed by atoms with Crippen LogP contribution in [-0.4, -0.2) is 25.4 Å². The minimum atomic E-state index is -0.996. The molecule has 0 spiro atoms. The Morgan fingerprint density at radius 3 is 2.82 bits per heavy atom. The monoisotopic (exact) mass is 315 g/mol. The van der Waals surface area contributed by atoms with E-state index < -0.39 is 5.97 Å². The molecule has 2 heterocycles. The molecule has 0 aliphatic heterocycles. The average molecular weight is 316 g/mol. The molecular weight excluding hydrogens is 302 g/mol. The fourth-order valence-corrected chi connectivity index (χ4v) is 2.87. The number of nitrogens with zero attached hydrogens (tertiary/aromatic N) is 3. The summed E-state index contributed by atoms with van der Waals surface area (Å²) in [6.45, 7) is 1.85. The summed E-state index contributed by atoms with van der Waals surface area (Å²) in [6, 6.07) is 7.78. The lowest BCUT2D eigenvalue weighted by molar-refractivity contribution is -0.131. The lowest BCUT2D eigenvalue weighted by Crippen LogP contribution is -2.03. The summed E-state index contributed by atoms with van der Waals surface area (Å²) in [5.41, 5.74) is 2.45. The number of rotatable bonds is 3. The Bertz CT molecular complexity index is 906. The first-order valence-electron chi connectivity index (χ1n) is 6.69. The number of aromatic nitrogens is 3. The van der Waals surface area contributed by atoms with Crippen molar-refractivity contribution in [1.29, 1.82) is 0 Å². The number of para-hydroxylation sites is 1. The molecule has 1 aromatic carbocycles. The maximum absolute atomic E-state index is 10.8.